The first-order valence-corrected chi connectivity index (χ1v) is 8.11. The highest BCUT2D eigenvalue weighted by atomic mass is 32.2. The molecule has 0 aliphatic rings. The Morgan fingerprint density at radius 1 is 0.950 bits per heavy atom. The van der Waals surface area contributed by atoms with Gasteiger partial charge in [-0.15, -0.1) is 0 Å². The zero-order valence-corrected chi connectivity index (χ0v) is 13.4. The molecule has 0 amide bonds. The van der Waals surface area contributed by atoms with Crippen molar-refractivity contribution in [2.45, 2.75) is 38.6 Å². The predicted molar refractivity (Wildman–Crippen MR) is 86.9 cm³/mol. The normalized spacial score (nSPS) is 13.0. The van der Waals surface area contributed by atoms with Crippen LogP contribution in [0.2, 0.25) is 0 Å². The van der Waals surface area contributed by atoms with E-state index in [1.807, 2.05) is 82.3 Å². The first kappa shape index (κ1) is 16.6. The SMILES string of the molecule is CC.Cc1ccc(S(=O)NC(C)c2ccccc2)cc1. The molecule has 2 nitrogen and oxygen atoms in total. The van der Waals surface area contributed by atoms with Crippen LogP contribution in [0.3, 0.4) is 0 Å². The Bertz CT molecular complexity index is 522. The van der Waals surface area contributed by atoms with E-state index in [0.29, 0.717) is 0 Å². The fourth-order valence-corrected chi connectivity index (χ4v) is 2.68. The van der Waals surface area contributed by atoms with Crippen molar-refractivity contribution in [1.29, 1.82) is 0 Å². The summed E-state index contributed by atoms with van der Waals surface area (Å²) in [7, 11) is -1.17. The monoisotopic (exact) mass is 289 g/mol. The maximum absolute atomic E-state index is 12.1. The Labute approximate surface area is 124 Å². The van der Waals surface area contributed by atoms with Gasteiger partial charge < -0.3 is 0 Å². The quantitative estimate of drug-likeness (QED) is 0.888. The van der Waals surface area contributed by atoms with Crippen molar-refractivity contribution < 1.29 is 4.21 Å². The van der Waals surface area contributed by atoms with E-state index in [0.717, 1.165) is 10.5 Å². The fourth-order valence-electron chi connectivity index (χ4n) is 1.70. The molecule has 2 aromatic carbocycles. The molecule has 2 atom stereocenters. The van der Waals surface area contributed by atoms with E-state index in [2.05, 4.69) is 4.72 Å². The lowest BCUT2D eigenvalue weighted by Crippen LogP contribution is -2.21. The molecule has 0 spiro atoms. The van der Waals surface area contributed by atoms with Crippen molar-refractivity contribution in [3.8, 4) is 0 Å². The average molecular weight is 289 g/mol. The van der Waals surface area contributed by atoms with Crippen LogP contribution in [0.5, 0.6) is 0 Å². The first-order valence-electron chi connectivity index (χ1n) is 6.96. The molecule has 108 valence electrons. The number of rotatable bonds is 4. The first-order chi connectivity index (χ1) is 9.66. The molecule has 0 saturated carbocycles. The molecule has 0 aliphatic carbocycles. The molecule has 0 saturated heterocycles. The molecule has 0 heterocycles. The Hall–Kier alpha value is -1.45. The van der Waals surface area contributed by atoms with Crippen molar-refractivity contribution >= 4 is 11.0 Å². The molecule has 20 heavy (non-hydrogen) atoms. The van der Waals surface area contributed by atoms with Crippen molar-refractivity contribution in [3.05, 3.63) is 65.7 Å². The van der Waals surface area contributed by atoms with Crippen LogP contribution < -0.4 is 4.72 Å². The summed E-state index contributed by atoms with van der Waals surface area (Å²) in [4.78, 5) is 0.809. The number of aryl methyl sites for hydroxylation is 1. The standard InChI is InChI=1S/C15H17NOS.C2H6/c1-12-8-10-15(11-9-12)18(17)16-13(2)14-6-4-3-5-7-14;1-2/h3-11,13,16H,1-2H3;1-2H3. The van der Waals surface area contributed by atoms with E-state index in [4.69, 9.17) is 0 Å². The number of nitrogens with one attached hydrogen (secondary N) is 1. The minimum atomic E-state index is -1.17. The largest absolute Gasteiger partial charge is 0.237 e. The highest BCUT2D eigenvalue weighted by molar-refractivity contribution is 7.83. The summed E-state index contributed by atoms with van der Waals surface area (Å²) in [6.07, 6.45) is 0. The Morgan fingerprint density at radius 3 is 2.05 bits per heavy atom. The van der Waals surface area contributed by atoms with Crippen LogP contribution in [0.1, 0.15) is 37.9 Å². The van der Waals surface area contributed by atoms with Crippen molar-refractivity contribution in [2.75, 3.05) is 0 Å². The summed E-state index contributed by atoms with van der Waals surface area (Å²) in [5.41, 5.74) is 2.31. The van der Waals surface area contributed by atoms with Crippen molar-refractivity contribution in [3.63, 3.8) is 0 Å². The molecule has 0 radical (unpaired) electrons. The third-order valence-corrected chi connectivity index (χ3v) is 4.09. The summed E-state index contributed by atoms with van der Waals surface area (Å²) in [6.45, 7) is 8.04. The van der Waals surface area contributed by atoms with Crippen molar-refractivity contribution in [1.82, 2.24) is 4.72 Å². The van der Waals surface area contributed by atoms with E-state index in [-0.39, 0.29) is 6.04 Å². The van der Waals surface area contributed by atoms with Gasteiger partial charge >= 0.3 is 0 Å². The molecule has 1 N–H and O–H groups in total. The molecular weight excluding hydrogens is 266 g/mol. The maximum Gasteiger partial charge on any atom is 0.125 e. The molecule has 0 aromatic heterocycles. The van der Waals surface area contributed by atoms with Crippen LogP contribution in [0, 0.1) is 6.92 Å². The van der Waals surface area contributed by atoms with Gasteiger partial charge in [0.05, 0.1) is 4.90 Å². The van der Waals surface area contributed by atoms with E-state index in [1.165, 1.54) is 5.56 Å². The zero-order valence-electron chi connectivity index (χ0n) is 12.6. The summed E-state index contributed by atoms with van der Waals surface area (Å²) in [5.74, 6) is 0. The molecule has 2 unspecified atom stereocenters. The second-order valence-corrected chi connectivity index (χ2v) is 5.58. The van der Waals surface area contributed by atoms with Gasteiger partial charge in [0.25, 0.3) is 0 Å². The minimum Gasteiger partial charge on any atom is -0.237 e. The summed E-state index contributed by atoms with van der Waals surface area (Å²) in [6, 6.07) is 17.8. The van der Waals surface area contributed by atoms with Crippen LogP contribution in [0.15, 0.2) is 59.5 Å². The van der Waals surface area contributed by atoms with E-state index in [1.54, 1.807) is 0 Å². The van der Waals surface area contributed by atoms with Gasteiger partial charge in [0.15, 0.2) is 0 Å². The van der Waals surface area contributed by atoms with Gasteiger partial charge in [-0.2, -0.15) is 0 Å². The van der Waals surface area contributed by atoms with Crippen molar-refractivity contribution in [2.24, 2.45) is 0 Å². The van der Waals surface area contributed by atoms with E-state index >= 15 is 0 Å². The topological polar surface area (TPSA) is 29.1 Å². The Morgan fingerprint density at radius 2 is 1.50 bits per heavy atom. The van der Waals surface area contributed by atoms with Crippen LogP contribution in [0.25, 0.3) is 0 Å². The minimum absolute atomic E-state index is 0.0633. The lowest BCUT2D eigenvalue weighted by atomic mass is 10.1. The highest BCUT2D eigenvalue weighted by Crippen LogP contribution is 2.14. The molecule has 2 aromatic rings. The summed E-state index contributed by atoms with van der Waals surface area (Å²) < 4.78 is 15.2. The Balaban J connectivity index is 0.000000956. The Kier molecular flexibility index (Phi) is 7.20. The lowest BCUT2D eigenvalue weighted by Gasteiger charge is -2.13. The lowest BCUT2D eigenvalue weighted by molar-refractivity contribution is 0.651. The second-order valence-electron chi connectivity index (χ2n) is 4.33. The van der Waals surface area contributed by atoms with Crippen LogP contribution in [0.4, 0.5) is 0 Å². The van der Waals surface area contributed by atoms with Crippen LogP contribution in [-0.4, -0.2) is 4.21 Å². The number of hydrogen-bond acceptors (Lipinski definition) is 1. The summed E-state index contributed by atoms with van der Waals surface area (Å²) in [5, 5.41) is 0. The molecule has 2 rings (SSSR count). The van der Waals surface area contributed by atoms with Crippen LogP contribution in [-0.2, 0) is 11.0 Å². The third-order valence-electron chi connectivity index (χ3n) is 2.82. The number of hydrogen-bond donors (Lipinski definition) is 1. The highest BCUT2D eigenvalue weighted by Gasteiger charge is 2.09. The smallest absolute Gasteiger partial charge is 0.125 e. The van der Waals surface area contributed by atoms with Gasteiger partial charge in [-0.1, -0.05) is 61.9 Å². The molecule has 0 bridgehead atoms. The maximum atomic E-state index is 12.1. The summed E-state index contributed by atoms with van der Waals surface area (Å²) >= 11 is 0. The molecular formula is C17H23NOS. The van der Waals surface area contributed by atoms with Gasteiger partial charge in [-0.3, -0.25) is 0 Å². The second kappa shape index (κ2) is 8.67. The molecule has 3 heteroatoms. The van der Waals surface area contributed by atoms with Gasteiger partial charge in [0.1, 0.15) is 11.0 Å². The van der Waals surface area contributed by atoms with E-state index in [9.17, 15) is 4.21 Å². The van der Waals surface area contributed by atoms with Gasteiger partial charge in [0, 0.05) is 6.04 Å². The van der Waals surface area contributed by atoms with Gasteiger partial charge in [-0.05, 0) is 31.5 Å². The average Bonchev–Trinajstić information content (AvgIpc) is 2.50. The fraction of sp³-hybridized carbons (Fsp3) is 0.294. The van der Waals surface area contributed by atoms with E-state index < -0.39 is 11.0 Å². The molecule has 0 fully saturated rings. The van der Waals surface area contributed by atoms with Gasteiger partial charge in [0.2, 0.25) is 0 Å². The van der Waals surface area contributed by atoms with Gasteiger partial charge in [-0.25, -0.2) is 8.93 Å². The third kappa shape index (κ3) is 4.91. The van der Waals surface area contributed by atoms with Crippen LogP contribution >= 0.6 is 0 Å². The molecule has 0 aliphatic heterocycles. The zero-order chi connectivity index (χ0) is 15.0. The number of benzene rings is 2. The predicted octanol–water partition coefficient (Wildman–Crippen LogP) is 4.39.